The van der Waals surface area contributed by atoms with Gasteiger partial charge in [0, 0.05) is 6.42 Å². The molecule has 0 unspecified atom stereocenters. The lowest BCUT2D eigenvalue weighted by atomic mass is 10.0. The van der Waals surface area contributed by atoms with Crippen molar-refractivity contribution in [3.8, 4) is 5.75 Å². The number of rotatable bonds is 2. The second-order valence-electron chi connectivity index (χ2n) is 4.91. The molecular formula is C14H18N2O2. The van der Waals surface area contributed by atoms with Crippen molar-refractivity contribution >= 4 is 11.6 Å². The van der Waals surface area contributed by atoms with Crippen LogP contribution in [0.5, 0.6) is 5.75 Å². The van der Waals surface area contributed by atoms with E-state index in [9.17, 15) is 4.79 Å². The summed E-state index contributed by atoms with van der Waals surface area (Å²) < 4.78 is 6.05. The van der Waals surface area contributed by atoms with Crippen molar-refractivity contribution in [2.45, 2.75) is 31.8 Å². The van der Waals surface area contributed by atoms with E-state index in [-0.39, 0.29) is 12.0 Å². The molecule has 0 aliphatic carbocycles. The molecule has 2 N–H and O–H groups in total. The maximum absolute atomic E-state index is 11.5. The van der Waals surface area contributed by atoms with Crippen LogP contribution in [0.1, 0.15) is 24.8 Å². The topological polar surface area (TPSA) is 50.4 Å². The maximum Gasteiger partial charge on any atom is 0.224 e. The molecule has 0 spiro atoms. The van der Waals surface area contributed by atoms with Crippen molar-refractivity contribution in [2.24, 2.45) is 0 Å². The first-order valence-electron chi connectivity index (χ1n) is 6.62. The van der Waals surface area contributed by atoms with Crippen molar-refractivity contribution in [1.82, 2.24) is 5.32 Å². The van der Waals surface area contributed by atoms with Crippen LogP contribution in [0.25, 0.3) is 0 Å². The second-order valence-corrected chi connectivity index (χ2v) is 4.91. The number of piperidine rings is 1. The number of ether oxygens (including phenoxy) is 1. The van der Waals surface area contributed by atoms with Crippen LogP contribution in [0.3, 0.4) is 0 Å². The van der Waals surface area contributed by atoms with Gasteiger partial charge in [-0.2, -0.15) is 0 Å². The summed E-state index contributed by atoms with van der Waals surface area (Å²) in [5, 5.41) is 6.26. The van der Waals surface area contributed by atoms with Crippen molar-refractivity contribution in [3.05, 3.63) is 23.8 Å². The minimum absolute atomic E-state index is 0.0869. The minimum Gasteiger partial charge on any atom is -0.488 e. The molecule has 0 aromatic heterocycles. The number of nitrogens with one attached hydrogen (secondary N) is 2. The Balaban J connectivity index is 1.81. The Kier molecular flexibility index (Phi) is 3.19. The Morgan fingerprint density at radius 1 is 1.17 bits per heavy atom. The predicted molar refractivity (Wildman–Crippen MR) is 69.9 cm³/mol. The molecule has 1 fully saturated rings. The number of carbonyl (C=O) groups is 1. The summed E-state index contributed by atoms with van der Waals surface area (Å²) in [6.07, 6.45) is 3.69. The number of hydrogen-bond acceptors (Lipinski definition) is 3. The summed E-state index contributed by atoms with van der Waals surface area (Å²) in [5.41, 5.74) is 2.06. The van der Waals surface area contributed by atoms with Crippen LogP contribution in [-0.2, 0) is 11.2 Å². The van der Waals surface area contributed by atoms with Gasteiger partial charge in [0.2, 0.25) is 5.91 Å². The number of aryl methyl sites for hydroxylation is 1. The zero-order chi connectivity index (χ0) is 12.4. The van der Waals surface area contributed by atoms with Gasteiger partial charge >= 0.3 is 0 Å². The van der Waals surface area contributed by atoms with Gasteiger partial charge in [0.15, 0.2) is 0 Å². The van der Waals surface area contributed by atoms with Gasteiger partial charge < -0.3 is 15.4 Å². The third kappa shape index (κ3) is 2.34. The molecule has 0 atom stereocenters. The number of amides is 1. The number of anilines is 1. The molecule has 1 aromatic rings. The molecular weight excluding hydrogens is 228 g/mol. The average Bonchev–Trinajstić information content (AvgIpc) is 2.41. The smallest absolute Gasteiger partial charge is 0.224 e. The first-order valence-corrected chi connectivity index (χ1v) is 6.62. The van der Waals surface area contributed by atoms with Crippen molar-refractivity contribution in [3.63, 3.8) is 0 Å². The van der Waals surface area contributed by atoms with Crippen LogP contribution in [-0.4, -0.2) is 25.1 Å². The Morgan fingerprint density at radius 2 is 2.00 bits per heavy atom. The highest BCUT2D eigenvalue weighted by Gasteiger charge is 2.21. The summed E-state index contributed by atoms with van der Waals surface area (Å²) in [7, 11) is 0. The SMILES string of the molecule is O=C1CCc2cccc(OC3CCNCC3)c2N1. The van der Waals surface area contributed by atoms with Gasteiger partial charge in [0.25, 0.3) is 0 Å². The quantitative estimate of drug-likeness (QED) is 0.835. The Hall–Kier alpha value is -1.55. The van der Waals surface area contributed by atoms with E-state index in [1.165, 1.54) is 5.56 Å². The normalized spacial score (nSPS) is 20.1. The molecule has 1 amide bonds. The fourth-order valence-electron chi connectivity index (χ4n) is 2.57. The minimum atomic E-state index is 0.0869. The van der Waals surface area contributed by atoms with Crippen molar-refractivity contribution in [1.29, 1.82) is 0 Å². The van der Waals surface area contributed by atoms with Crippen LogP contribution >= 0.6 is 0 Å². The highest BCUT2D eigenvalue weighted by Crippen LogP contribution is 2.33. The molecule has 18 heavy (non-hydrogen) atoms. The van der Waals surface area contributed by atoms with Gasteiger partial charge in [-0.25, -0.2) is 0 Å². The number of hydrogen-bond donors (Lipinski definition) is 2. The largest absolute Gasteiger partial charge is 0.488 e. The lowest BCUT2D eigenvalue weighted by Crippen LogP contribution is -2.34. The highest BCUT2D eigenvalue weighted by molar-refractivity contribution is 5.95. The molecule has 4 nitrogen and oxygen atoms in total. The van der Waals surface area contributed by atoms with E-state index in [2.05, 4.69) is 16.7 Å². The van der Waals surface area contributed by atoms with Gasteiger partial charge in [0.05, 0.1) is 5.69 Å². The van der Waals surface area contributed by atoms with E-state index in [1.54, 1.807) is 0 Å². The molecule has 0 bridgehead atoms. The third-order valence-corrected chi connectivity index (χ3v) is 3.58. The van der Waals surface area contributed by atoms with E-state index in [0.29, 0.717) is 6.42 Å². The molecule has 2 aliphatic heterocycles. The molecule has 1 saturated heterocycles. The standard InChI is InChI=1S/C14H18N2O2/c17-13-5-4-10-2-1-3-12(14(10)16-13)18-11-6-8-15-9-7-11/h1-3,11,15H,4-9H2,(H,16,17). The summed E-state index contributed by atoms with van der Waals surface area (Å²) in [4.78, 5) is 11.5. The molecule has 4 heteroatoms. The predicted octanol–water partition coefficient (Wildman–Crippen LogP) is 1.70. The Labute approximate surface area is 107 Å². The zero-order valence-electron chi connectivity index (χ0n) is 10.4. The van der Waals surface area contributed by atoms with Gasteiger partial charge in [0.1, 0.15) is 11.9 Å². The van der Waals surface area contributed by atoms with E-state index in [1.807, 2.05) is 12.1 Å². The first kappa shape index (κ1) is 11.5. The fraction of sp³-hybridized carbons (Fsp3) is 0.500. The third-order valence-electron chi connectivity index (χ3n) is 3.58. The summed E-state index contributed by atoms with van der Waals surface area (Å²) in [6.45, 7) is 2.01. The molecule has 96 valence electrons. The lowest BCUT2D eigenvalue weighted by Gasteiger charge is -2.27. The molecule has 0 saturated carbocycles. The highest BCUT2D eigenvalue weighted by atomic mass is 16.5. The van der Waals surface area contributed by atoms with E-state index >= 15 is 0 Å². The molecule has 2 aliphatic rings. The monoisotopic (exact) mass is 246 g/mol. The molecule has 3 rings (SSSR count). The molecule has 2 heterocycles. The average molecular weight is 246 g/mol. The molecule has 1 aromatic carbocycles. The van der Waals surface area contributed by atoms with E-state index in [4.69, 9.17) is 4.74 Å². The molecule has 0 radical (unpaired) electrons. The van der Waals surface area contributed by atoms with Gasteiger partial charge in [-0.3, -0.25) is 4.79 Å². The Bertz CT molecular complexity index is 453. The lowest BCUT2D eigenvalue weighted by molar-refractivity contribution is -0.116. The van der Waals surface area contributed by atoms with Crippen LogP contribution in [0.2, 0.25) is 0 Å². The first-order chi connectivity index (χ1) is 8.83. The maximum atomic E-state index is 11.5. The van der Waals surface area contributed by atoms with E-state index < -0.39 is 0 Å². The number of benzene rings is 1. The van der Waals surface area contributed by atoms with Gasteiger partial charge in [-0.05, 0) is 44.0 Å². The fourth-order valence-corrected chi connectivity index (χ4v) is 2.57. The van der Waals surface area contributed by atoms with Gasteiger partial charge in [-0.1, -0.05) is 12.1 Å². The van der Waals surface area contributed by atoms with Crippen molar-refractivity contribution in [2.75, 3.05) is 18.4 Å². The summed E-state index contributed by atoms with van der Waals surface area (Å²) in [6, 6.07) is 6.02. The van der Waals surface area contributed by atoms with E-state index in [0.717, 1.165) is 43.8 Å². The zero-order valence-corrected chi connectivity index (χ0v) is 10.4. The van der Waals surface area contributed by atoms with Crippen molar-refractivity contribution < 1.29 is 9.53 Å². The Morgan fingerprint density at radius 3 is 2.83 bits per heavy atom. The van der Waals surface area contributed by atoms with Crippen LogP contribution in [0, 0.1) is 0 Å². The number of carbonyl (C=O) groups excluding carboxylic acids is 1. The van der Waals surface area contributed by atoms with Gasteiger partial charge in [-0.15, -0.1) is 0 Å². The summed E-state index contributed by atoms with van der Waals surface area (Å²) in [5.74, 6) is 0.913. The number of para-hydroxylation sites is 1. The van der Waals surface area contributed by atoms with Crippen LogP contribution in [0.15, 0.2) is 18.2 Å². The van der Waals surface area contributed by atoms with Crippen LogP contribution < -0.4 is 15.4 Å². The summed E-state index contributed by atoms with van der Waals surface area (Å²) >= 11 is 0. The number of fused-ring (bicyclic) bond motifs is 1. The second kappa shape index (κ2) is 4.98. The van der Waals surface area contributed by atoms with Crippen LogP contribution in [0.4, 0.5) is 5.69 Å².